The van der Waals surface area contributed by atoms with Gasteiger partial charge in [-0.15, -0.1) is 11.3 Å². The van der Waals surface area contributed by atoms with Gasteiger partial charge in [-0.1, -0.05) is 11.6 Å². The highest BCUT2D eigenvalue weighted by Gasteiger charge is 2.16. The number of hydrogen-bond acceptors (Lipinski definition) is 6. The van der Waals surface area contributed by atoms with E-state index in [2.05, 4.69) is 15.6 Å². The highest BCUT2D eigenvalue weighted by Crippen LogP contribution is 2.18. The molecule has 0 fully saturated rings. The third kappa shape index (κ3) is 7.84. The van der Waals surface area contributed by atoms with Gasteiger partial charge in [-0.3, -0.25) is 4.79 Å². The van der Waals surface area contributed by atoms with Crippen LogP contribution in [-0.4, -0.2) is 35.7 Å². The molecule has 2 aromatic rings. The average Bonchev–Trinajstić information content (AvgIpc) is 3.05. The number of nitrogens with zero attached hydrogens (tertiary/aromatic N) is 1. The van der Waals surface area contributed by atoms with Crippen LogP contribution in [0.1, 0.15) is 36.3 Å². The third-order valence-corrected chi connectivity index (χ3v) is 4.11. The second kappa shape index (κ2) is 9.57. The minimum atomic E-state index is -0.557. The Morgan fingerprint density at radius 3 is 2.48 bits per heavy atom. The molecule has 27 heavy (non-hydrogen) atoms. The SMILES string of the molecule is CC(C)(C)OC(=O)NCCNC(=O)c1csc(COc2ccc(Cl)cc2)n1. The molecule has 0 bridgehead atoms. The molecule has 1 aromatic carbocycles. The molecule has 7 nitrogen and oxygen atoms in total. The number of halogens is 1. The predicted octanol–water partition coefficient (Wildman–Crippen LogP) is 3.63. The van der Waals surface area contributed by atoms with Gasteiger partial charge >= 0.3 is 6.09 Å². The highest BCUT2D eigenvalue weighted by atomic mass is 35.5. The van der Waals surface area contributed by atoms with Crippen molar-refractivity contribution in [3.8, 4) is 5.75 Å². The summed E-state index contributed by atoms with van der Waals surface area (Å²) in [7, 11) is 0. The molecule has 0 saturated carbocycles. The molecule has 0 saturated heterocycles. The molecule has 2 N–H and O–H groups in total. The molecule has 0 unspecified atom stereocenters. The topological polar surface area (TPSA) is 89.6 Å². The number of aromatic nitrogens is 1. The van der Waals surface area contributed by atoms with Crippen LogP contribution in [0.3, 0.4) is 0 Å². The van der Waals surface area contributed by atoms with E-state index in [1.54, 1.807) is 50.4 Å². The molecule has 0 aliphatic carbocycles. The highest BCUT2D eigenvalue weighted by molar-refractivity contribution is 7.09. The van der Waals surface area contributed by atoms with E-state index in [0.717, 1.165) is 0 Å². The van der Waals surface area contributed by atoms with Gasteiger partial charge in [0.05, 0.1) is 0 Å². The van der Waals surface area contributed by atoms with Crippen LogP contribution in [0, 0.1) is 0 Å². The fraction of sp³-hybridized carbons (Fsp3) is 0.389. The minimum Gasteiger partial charge on any atom is -0.486 e. The van der Waals surface area contributed by atoms with Gasteiger partial charge in [0.2, 0.25) is 0 Å². The molecule has 0 radical (unpaired) electrons. The molecule has 1 aromatic heterocycles. The number of ether oxygens (including phenoxy) is 2. The van der Waals surface area contributed by atoms with Crippen molar-refractivity contribution in [1.82, 2.24) is 15.6 Å². The van der Waals surface area contributed by atoms with E-state index < -0.39 is 11.7 Å². The molecular weight excluding hydrogens is 390 g/mol. The molecule has 0 aliphatic heterocycles. The van der Waals surface area contributed by atoms with Crippen molar-refractivity contribution in [3.63, 3.8) is 0 Å². The standard InChI is InChI=1S/C18H22ClN3O4S/c1-18(2,3)26-17(24)21-9-8-20-16(23)14-11-27-15(22-14)10-25-13-6-4-12(19)5-7-13/h4-7,11H,8-10H2,1-3H3,(H,20,23)(H,21,24). The molecule has 2 rings (SSSR count). The van der Waals surface area contributed by atoms with Crippen molar-refractivity contribution in [1.29, 1.82) is 0 Å². The Morgan fingerprint density at radius 2 is 1.81 bits per heavy atom. The van der Waals surface area contributed by atoms with Crippen LogP contribution < -0.4 is 15.4 Å². The smallest absolute Gasteiger partial charge is 0.407 e. The van der Waals surface area contributed by atoms with Crippen LogP contribution in [0.5, 0.6) is 5.75 Å². The Morgan fingerprint density at radius 1 is 1.15 bits per heavy atom. The monoisotopic (exact) mass is 411 g/mol. The number of benzene rings is 1. The maximum Gasteiger partial charge on any atom is 0.407 e. The lowest BCUT2D eigenvalue weighted by molar-refractivity contribution is 0.0526. The van der Waals surface area contributed by atoms with Gasteiger partial charge in [-0.2, -0.15) is 0 Å². The fourth-order valence-electron chi connectivity index (χ4n) is 1.90. The lowest BCUT2D eigenvalue weighted by Gasteiger charge is -2.19. The molecular formula is C18H22ClN3O4S. The Labute approximate surface area is 167 Å². The zero-order valence-electron chi connectivity index (χ0n) is 15.4. The maximum absolute atomic E-state index is 12.1. The number of carbonyl (C=O) groups excluding carboxylic acids is 2. The first kappa shape index (κ1) is 21.0. The Balaban J connectivity index is 1.71. The summed E-state index contributed by atoms with van der Waals surface area (Å²) in [6.07, 6.45) is -0.521. The summed E-state index contributed by atoms with van der Waals surface area (Å²) in [5.41, 5.74) is -0.245. The van der Waals surface area contributed by atoms with Crippen molar-refractivity contribution in [3.05, 3.63) is 45.4 Å². The molecule has 0 spiro atoms. The summed E-state index contributed by atoms with van der Waals surface area (Å²) in [5.74, 6) is 0.365. The van der Waals surface area contributed by atoms with Gasteiger partial charge in [0.15, 0.2) is 0 Å². The van der Waals surface area contributed by atoms with E-state index in [1.807, 2.05) is 0 Å². The van der Waals surface area contributed by atoms with Crippen molar-refractivity contribution in [2.45, 2.75) is 33.0 Å². The lowest BCUT2D eigenvalue weighted by atomic mass is 10.2. The Bertz CT molecular complexity index is 772. The first-order valence-corrected chi connectivity index (χ1v) is 9.56. The van der Waals surface area contributed by atoms with Gasteiger partial charge in [0.25, 0.3) is 5.91 Å². The van der Waals surface area contributed by atoms with E-state index in [-0.39, 0.29) is 25.6 Å². The van der Waals surface area contributed by atoms with E-state index in [4.69, 9.17) is 21.1 Å². The Kier molecular flexibility index (Phi) is 7.44. The van der Waals surface area contributed by atoms with Gasteiger partial charge < -0.3 is 20.1 Å². The average molecular weight is 412 g/mol. The predicted molar refractivity (Wildman–Crippen MR) is 104 cm³/mol. The molecule has 146 valence electrons. The second-order valence-electron chi connectivity index (χ2n) is 6.55. The summed E-state index contributed by atoms with van der Waals surface area (Å²) < 4.78 is 10.7. The van der Waals surface area contributed by atoms with Crippen LogP contribution in [0.4, 0.5) is 4.79 Å². The normalized spacial score (nSPS) is 11.0. The summed E-state index contributed by atoms with van der Waals surface area (Å²) in [6.45, 7) is 6.14. The number of alkyl carbamates (subject to hydrolysis) is 1. The summed E-state index contributed by atoms with van der Waals surface area (Å²) >= 11 is 7.16. The number of carbonyl (C=O) groups is 2. The zero-order chi connectivity index (χ0) is 19.9. The molecule has 9 heteroatoms. The van der Waals surface area contributed by atoms with Crippen molar-refractivity contribution < 1.29 is 19.1 Å². The van der Waals surface area contributed by atoms with E-state index in [1.165, 1.54) is 11.3 Å². The molecule has 2 amide bonds. The first-order valence-electron chi connectivity index (χ1n) is 8.31. The van der Waals surface area contributed by atoms with Crippen LogP contribution in [0.2, 0.25) is 5.02 Å². The van der Waals surface area contributed by atoms with Gasteiger partial charge in [0, 0.05) is 23.5 Å². The van der Waals surface area contributed by atoms with Crippen LogP contribution in [0.15, 0.2) is 29.6 Å². The molecule has 1 heterocycles. The first-order chi connectivity index (χ1) is 12.7. The summed E-state index contributed by atoms with van der Waals surface area (Å²) in [5, 5.41) is 8.24. The second-order valence-corrected chi connectivity index (χ2v) is 7.93. The van der Waals surface area contributed by atoms with Crippen LogP contribution in [0.25, 0.3) is 0 Å². The van der Waals surface area contributed by atoms with Crippen LogP contribution >= 0.6 is 22.9 Å². The zero-order valence-corrected chi connectivity index (χ0v) is 16.9. The third-order valence-electron chi connectivity index (χ3n) is 3.04. The van der Waals surface area contributed by atoms with Gasteiger partial charge in [-0.05, 0) is 45.0 Å². The quantitative estimate of drug-likeness (QED) is 0.679. The lowest BCUT2D eigenvalue weighted by Crippen LogP contribution is -2.37. The molecule has 0 aliphatic rings. The maximum atomic E-state index is 12.1. The molecule has 0 atom stereocenters. The number of rotatable bonds is 7. The summed E-state index contributed by atoms with van der Waals surface area (Å²) in [6, 6.07) is 7.01. The van der Waals surface area contributed by atoms with Gasteiger partial charge in [-0.25, -0.2) is 9.78 Å². The van der Waals surface area contributed by atoms with E-state index >= 15 is 0 Å². The number of hydrogen-bond donors (Lipinski definition) is 2. The Hall–Kier alpha value is -2.32. The summed E-state index contributed by atoms with van der Waals surface area (Å²) in [4.78, 5) is 27.8. The number of thiazole rings is 1. The van der Waals surface area contributed by atoms with Crippen molar-refractivity contribution in [2.75, 3.05) is 13.1 Å². The fourth-order valence-corrected chi connectivity index (χ4v) is 2.71. The van der Waals surface area contributed by atoms with E-state index in [0.29, 0.717) is 21.5 Å². The van der Waals surface area contributed by atoms with Crippen molar-refractivity contribution >= 4 is 34.9 Å². The number of amides is 2. The number of nitrogens with one attached hydrogen (secondary N) is 2. The van der Waals surface area contributed by atoms with Crippen molar-refractivity contribution in [2.24, 2.45) is 0 Å². The van der Waals surface area contributed by atoms with Gasteiger partial charge in [0.1, 0.15) is 28.7 Å². The largest absolute Gasteiger partial charge is 0.486 e. The van der Waals surface area contributed by atoms with Crippen LogP contribution in [-0.2, 0) is 11.3 Å². The minimum absolute atomic E-state index is 0.261. The van der Waals surface area contributed by atoms with E-state index in [9.17, 15) is 9.59 Å².